The van der Waals surface area contributed by atoms with E-state index in [1.807, 2.05) is 0 Å². The molecule has 2 N–H and O–H groups in total. The smallest absolute Gasteiger partial charge is 0.395 e. The van der Waals surface area contributed by atoms with Gasteiger partial charge in [-0.3, -0.25) is 0 Å². The number of nitro groups is 1. The highest BCUT2D eigenvalue weighted by Gasteiger charge is 2.39. The summed E-state index contributed by atoms with van der Waals surface area (Å²) in [7, 11) is -4.65. The molecule has 8 nitrogen and oxygen atoms in total. The van der Waals surface area contributed by atoms with Crippen molar-refractivity contribution in [2.24, 2.45) is 5.14 Å². The Morgan fingerprint density at radius 1 is 1.47 bits per heavy atom. The van der Waals surface area contributed by atoms with Crippen LogP contribution in [-0.2, 0) is 10.0 Å². The summed E-state index contributed by atoms with van der Waals surface area (Å²) >= 11 is 0. The summed E-state index contributed by atoms with van der Waals surface area (Å²) in [5, 5.41) is 15.3. The van der Waals surface area contributed by atoms with Gasteiger partial charge in [0.25, 0.3) is 0 Å². The van der Waals surface area contributed by atoms with Crippen molar-refractivity contribution >= 4 is 15.8 Å². The third kappa shape index (κ3) is 3.75. The number of alkyl halides is 3. The third-order valence-electron chi connectivity index (χ3n) is 1.75. The molecule has 19 heavy (non-hydrogen) atoms. The molecule has 106 valence electrons. The van der Waals surface area contributed by atoms with E-state index in [1.165, 1.54) is 0 Å². The van der Waals surface area contributed by atoms with E-state index in [9.17, 15) is 31.7 Å². The topological polar surface area (TPSA) is 125 Å². The maximum absolute atomic E-state index is 12.1. The minimum absolute atomic E-state index is 0.203. The molecule has 0 spiro atoms. The Kier molecular flexibility index (Phi) is 3.67. The van der Waals surface area contributed by atoms with Crippen molar-refractivity contribution < 1.29 is 31.2 Å². The van der Waals surface area contributed by atoms with E-state index in [0.717, 1.165) is 6.92 Å². The Bertz CT molecular complexity index is 628. The second-order valence-electron chi connectivity index (χ2n) is 3.26. The van der Waals surface area contributed by atoms with E-state index >= 15 is 0 Å². The number of sulfonamides is 1. The van der Waals surface area contributed by atoms with Crippen LogP contribution in [0.2, 0.25) is 0 Å². The zero-order valence-corrected chi connectivity index (χ0v) is 9.95. The van der Waals surface area contributed by atoms with E-state index in [0.29, 0.717) is 6.07 Å². The van der Waals surface area contributed by atoms with E-state index < -0.39 is 37.8 Å². The molecular formula is C7H6F3N3O5S. The lowest BCUT2D eigenvalue weighted by atomic mass is 10.3. The van der Waals surface area contributed by atoms with Crippen LogP contribution in [0.3, 0.4) is 0 Å². The number of nitrogens with zero attached hydrogens (tertiary/aromatic N) is 2. The average molecular weight is 301 g/mol. The third-order valence-corrected chi connectivity index (χ3v) is 2.66. The second kappa shape index (κ2) is 4.62. The Labute approximate surface area is 104 Å². The highest BCUT2D eigenvalue weighted by atomic mass is 32.2. The first kappa shape index (κ1) is 15.1. The zero-order valence-electron chi connectivity index (χ0n) is 9.13. The van der Waals surface area contributed by atoms with Crippen LogP contribution < -0.4 is 9.88 Å². The van der Waals surface area contributed by atoms with Gasteiger partial charge in [-0.1, -0.05) is 0 Å². The maximum Gasteiger partial charge on any atom is 0.573 e. The fourth-order valence-corrected chi connectivity index (χ4v) is 1.89. The predicted octanol–water partition coefficient (Wildman–Crippen LogP) is 0.844. The number of pyridine rings is 1. The Hall–Kier alpha value is -1.95. The molecule has 1 aromatic rings. The first-order chi connectivity index (χ1) is 8.42. The van der Waals surface area contributed by atoms with Gasteiger partial charge in [0, 0.05) is 13.0 Å². The van der Waals surface area contributed by atoms with Crippen molar-refractivity contribution in [3.63, 3.8) is 0 Å². The van der Waals surface area contributed by atoms with Crippen molar-refractivity contribution in [1.82, 2.24) is 4.98 Å². The molecule has 0 atom stereocenters. The molecule has 0 unspecified atom stereocenters. The van der Waals surface area contributed by atoms with E-state index in [4.69, 9.17) is 0 Å². The largest absolute Gasteiger partial charge is 0.573 e. The van der Waals surface area contributed by atoms with Gasteiger partial charge in [-0.05, 0) is 9.91 Å². The van der Waals surface area contributed by atoms with Crippen molar-refractivity contribution in [2.45, 2.75) is 18.2 Å². The highest BCUT2D eigenvalue weighted by Crippen LogP contribution is 2.36. The zero-order chi connectivity index (χ0) is 15.0. The normalized spacial score (nSPS) is 12.3. The summed E-state index contributed by atoms with van der Waals surface area (Å²) in [6, 6.07) is 0.642. The maximum atomic E-state index is 12.1. The lowest BCUT2D eigenvalue weighted by Gasteiger charge is -2.11. The minimum atomic E-state index is -5.33. The summed E-state index contributed by atoms with van der Waals surface area (Å²) in [5.41, 5.74) is -0.203. The Balaban J connectivity index is 3.67. The first-order valence-corrected chi connectivity index (χ1v) is 5.91. The monoisotopic (exact) mass is 301 g/mol. The fourth-order valence-electron chi connectivity index (χ4n) is 1.16. The quantitative estimate of drug-likeness (QED) is 0.651. The average Bonchev–Trinajstić information content (AvgIpc) is 2.16. The lowest BCUT2D eigenvalue weighted by molar-refractivity contribution is -0.393. The van der Waals surface area contributed by atoms with Gasteiger partial charge in [-0.15, -0.1) is 13.2 Å². The molecule has 1 heterocycles. The molecule has 12 heteroatoms. The Morgan fingerprint density at radius 3 is 2.37 bits per heavy atom. The van der Waals surface area contributed by atoms with Crippen LogP contribution >= 0.6 is 0 Å². The predicted molar refractivity (Wildman–Crippen MR) is 53.7 cm³/mol. The number of primary sulfonamides is 1. The number of halogens is 3. The van der Waals surface area contributed by atoms with Gasteiger partial charge >= 0.3 is 12.2 Å². The van der Waals surface area contributed by atoms with Gasteiger partial charge in [0.1, 0.15) is 4.90 Å². The van der Waals surface area contributed by atoms with Crippen LogP contribution in [0.1, 0.15) is 5.69 Å². The molecule has 0 bridgehead atoms. The van der Waals surface area contributed by atoms with Gasteiger partial charge in [0.05, 0.1) is 0 Å². The molecule has 0 aliphatic heterocycles. The Morgan fingerprint density at radius 2 is 2.00 bits per heavy atom. The molecule has 0 aromatic carbocycles. The fraction of sp³-hybridized carbons (Fsp3) is 0.286. The molecule has 0 saturated heterocycles. The van der Waals surface area contributed by atoms with E-state index in [-0.39, 0.29) is 5.69 Å². The molecule has 0 fully saturated rings. The molecule has 0 amide bonds. The van der Waals surface area contributed by atoms with Crippen LogP contribution in [0, 0.1) is 17.0 Å². The van der Waals surface area contributed by atoms with Crippen LogP contribution in [0.25, 0.3) is 0 Å². The molecule has 0 aliphatic rings. The molecule has 0 aliphatic carbocycles. The molecule has 0 saturated carbocycles. The number of hydrogen-bond acceptors (Lipinski definition) is 6. The van der Waals surface area contributed by atoms with Crippen LogP contribution in [0.4, 0.5) is 19.0 Å². The number of aromatic nitrogens is 1. The SMILES string of the molecule is Cc1cc(S(N)(=O)=O)c(OC(F)(F)F)c([N+](=O)[O-])n1. The highest BCUT2D eigenvalue weighted by molar-refractivity contribution is 7.89. The van der Waals surface area contributed by atoms with Gasteiger partial charge in [0.15, 0.2) is 5.69 Å². The van der Waals surface area contributed by atoms with Crippen LogP contribution in [0.15, 0.2) is 11.0 Å². The van der Waals surface area contributed by atoms with Crippen molar-refractivity contribution in [2.75, 3.05) is 0 Å². The van der Waals surface area contributed by atoms with Crippen molar-refractivity contribution in [1.29, 1.82) is 0 Å². The van der Waals surface area contributed by atoms with Crippen molar-refractivity contribution in [3.8, 4) is 5.75 Å². The number of nitrogens with two attached hydrogens (primary N) is 1. The number of aryl methyl sites for hydroxylation is 1. The van der Waals surface area contributed by atoms with E-state index in [1.54, 1.807) is 0 Å². The summed E-state index contributed by atoms with van der Waals surface area (Å²) in [6.07, 6.45) is -5.33. The summed E-state index contributed by atoms with van der Waals surface area (Å²) in [5.74, 6) is -2.95. The van der Waals surface area contributed by atoms with Gasteiger partial charge in [0.2, 0.25) is 15.8 Å². The summed E-state index contributed by atoms with van der Waals surface area (Å²) in [6.45, 7) is 1.15. The van der Waals surface area contributed by atoms with E-state index in [2.05, 4.69) is 14.9 Å². The van der Waals surface area contributed by atoms with Crippen molar-refractivity contribution in [3.05, 3.63) is 21.9 Å². The van der Waals surface area contributed by atoms with Gasteiger partial charge in [-0.25, -0.2) is 13.6 Å². The van der Waals surface area contributed by atoms with Gasteiger partial charge in [-0.2, -0.15) is 0 Å². The second-order valence-corrected chi connectivity index (χ2v) is 4.79. The van der Waals surface area contributed by atoms with Gasteiger partial charge < -0.3 is 14.9 Å². The molecular weight excluding hydrogens is 295 g/mol. The number of rotatable bonds is 3. The molecule has 1 rings (SSSR count). The number of hydrogen-bond donors (Lipinski definition) is 1. The standard InChI is InChI=1S/C7H6F3N3O5S/c1-3-2-4(19(11,16)17)5(18-7(8,9)10)6(12-3)13(14)15/h2H,1H3,(H2,11,16,17). The van der Waals surface area contributed by atoms with Crippen LogP contribution in [-0.4, -0.2) is 24.7 Å². The first-order valence-electron chi connectivity index (χ1n) is 4.36. The summed E-state index contributed by atoms with van der Waals surface area (Å²) < 4.78 is 62.1. The summed E-state index contributed by atoms with van der Waals surface area (Å²) in [4.78, 5) is 11.3. The number of ether oxygens (including phenoxy) is 1. The molecule has 1 aromatic heterocycles. The molecule has 0 radical (unpaired) electrons. The lowest BCUT2D eigenvalue weighted by Crippen LogP contribution is -2.22. The van der Waals surface area contributed by atoms with Crippen LogP contribution in [0.5, 0.6) is 5.75 Å². The minimum Gasteiger partial charge on any atom is -0.395 e.